The van der Waals surface area contributed by atoms with Crippen molar-refractivity contribution in [2.75, 3.05) is 12.4 Å². The van der Waals surface area contributed by atoms with Crippen molar-refractivity contribution in [3.8, 4) is 6.07 Å². The molecular weight excluding hydrogens is 378 g/mol. The molecule has 0 saturated carbocycles. The van der Waals surface area contributed by atoms with Crippen molar-refractivity contribution in [2.24, 2.45) is 4.99 Å². The number of aromatic nitrogens is 2. The molecule has 30 heavy (non-hydrogen) atoms. The van der Waals surface area contributed by atoms with Crippen LogP contribution in [0, 0.1) is 18.3 Å². The van der Waals surface area contributed by atoms with Crippen molar-refractivity contribution < 1.29 is 9.53 Å². The molecule has 0 spiro atoms. The van der Waals surface area contributed by atoms with Crippen LogP contribution in [0.4, 0.5) is 11.5 Å². The maximum Gasteiger partial charge on any atom is 0.256 e. The van der Waals surface area contributed by atoms with Crippen LogP contribution in [0.25, 0.3) is 0 Å². The second-order valence-electron chi connectivity index (χ2n) is 7.00. The van der Waals surface area contributed by atoms with Gasteiger partial charge in [0.25, 0.3) is 5.91 Å². The van der Waals surface area contributed by atoms with E-state index in [4.69, 9.17) is 15.0 Å². The van der Waals surface area contributed by atoms with E-state index < -0.39 is 0 Å². The number of nitrogens with one attached hydrogen (secondary N) is 1. The van der Waals surface area contributed by atoms with E-state index in [-0.39, 0.29) is 12.0 Å². The molecule has 7 heteroatoms. The van der Waals surface area contributed by atoms with Gasteiger partial charge in [-0.2, -0.15) is 5.26 Å². The zero-order valence-corrected chi connectivity index (χ0v) is 16.6. The Balaban J connectivity index is 1.49. The van der Waals surface area contributed by atoms with Gasteiger partial charge < -0.3 is 10.1 Å². The third-order valence-corrected chi connectivity index (χ3v) is 4.82. The van der Waals surface area contributed by atoms with E-state index in [2.05, 4.69) is 15.3 Å². The molecule has 3 aromatic rings. The summed E-state index contributed by atoms with van der Waals surface area (Å²) in [6.45, 7) is 1.99. The highest BCUT2D eigenvalue weighted by molar-refractivity contribution is 6.04. The molecule has 0 fully saturated rings. The fourth-order valence-electron chi connectivity index (χ4n) is 3.35. The quantitative estimate of drug-likeness (QED) is 0.703. The number of hydrogen-bond donors (Lipinski definition) is 1. The minimum atomic E-state index is -0.343. The van der Waals surface area contributed by atoms with Crippen molar-refractivity contribution in [3.05, 3.63) is 82.8 Å². The number of ether oxygens (including phenoxy) is 1. The molecule has 4 rings (SSSR count). The number of methoxy groups -OCH3 is 1. The second-order valence-corrected chi connectivity index (χ2v) is 7.00. The van der Waals surface area contributed by atoms with Gasteiger partial charge in [0, 0.05) is 37.1 Å². The molecule has 1 N–H and O–H groups in total. The van der Waals surface area contributed by atoms with Crippen LogP contribution in [0.2, 0.25) is 0 Å². The van der Waals surface area contributed by atoms with Crippen molar-refractivity contribution in [1.29, 1.82) is 5.26 Å². The summed E-state index contributed by atoms with van der Waals surface area (Å²) in [7, 11) is 1.63. The number of anilines is 1. The summed E-state index contributed by atoms with van der Waals surface area (Å²) >= 11 is 0. The first-order chi connectivity index (χ1) is 14.6. The first-order valence-corrected chi connectivity index (χ1v) is 9.40. The highest BCUT2D eigenvalue weighted by atomic mass is 16.5. The molecule has 1 unspecified atom stereocenters. The van der Waals surface area contributed by atoms with E-state index in [0.717, 1.165) is 28.2 Å². The van der Waals surface area contributed by atoms with Crippen molar-refractivity contribution in [2.45, 2.75) is 19.4 Å². The molecule has 1 aromatic carbocycles. The van der Waals surface area contributed by atoms with Crippen molar-refractivity contribution in [3.63, 3.8) is 0 Å². The van der Waals surface area contributed by atoms with Gasteiger partial charge in [0.05, 0.1) is 28.7 Å². The Bertz CT molecular complexity index is 1180. The predicted octanol–water partition coefficient (Wildman–Crippen LogP) is 3.93. The van der Waals surface area contributed by atoms with Gasteiger partial charge in [-0.3, -0.25) is 14.8 Å². The number of hydrogen-bond acceptors (Lipinski definition) is 6. The summed E-state index contributed by atoms with van der Waals surface area (Å²) in [6.07, 6.45) is 3.79. The van der Waals surface area contributed by atoms with Crippen molar-refractivity contribution >= 4 is 23.1 Å². The maximum atomic E-state index is 12.4. The van der Waals surface area contributed by atoms with Crippen LogP contribution >= 0.6 is 0 Å². The molecule has 1 aliphatic rings. The van der Waals surface area contributed by atoms with Crippen LogP contribution in [-0.4, -0.2) is 28.7 Å². The minimum absolute atomic E-state index is 0.326. The van der Waals surface area contributed by atoms with Gasteiger partial charge in [0.2, 0.25) is 0 Å². The number of carbonyl (C=O) groups excluding carboxylic acids is 1. The van der Waals surface area contributed by atoms with Gasteiger partial charge in [-0.1, -0.05) is 12.1 Å². The molecule has 0 aliphatic carbocycles. The van der Waals surface area contributed by atoms with Gasteiger partial charge in [-0.25, -0.2) is 4.98 Å². The van der Waals surface area contributed by atoms with Gasteiger partial charge >= 0.3 is 0 Å². The van der Waals surface area contributed by atoms with Crippen LogP contribution in [0.1, 0.15) is 38.8 Å². The summed E-state index contributed by atoms with van der Waals surface area (Å²) in [5.74, 6) is 0.0857. The lowest BCUT2D eigenvalue weighted by molar-refractivity contribution is 0.102. The number of carbonyl (C=O) groups is 1. The van der Waals surface area contributed by atoms with Gasteiger partial charge in [0.15, 0.2) is 0 Å². The number of amides is 1. The Morgan fingerprint density at radius 2 is 2.07 bits per heavy atom. The molecule has 3 heterocycles. The summed E-state index contributed by atoms with van der Waals surface area (Å²) in [5.41, 5.74) is 5.42. The van der Waals surface area contributed by atoms with Gasteiger partial charge in [-0.15, -0.1) is 0 Å². The van der Waals surface area contributed by atoms with Crippen LogP contribution in [-0.2, 0) is 11.2 Å². The van der Waals surface area contributed by atoms with Gasteiger partial charge in [-0.05, 0) is 42.8 Å². The lowest BCUT2D eigenvalue weighted by Crippen LogP contribution is -2.16. The average Bonchev–Trinajstić information content (AvgIpc) is 3.18. The maximum absolute atomic E-state index is 12.4. The number of aryl methyl sites for hydroxylation is 1. The SMILES string of the molecule is COC(C1=Nc2cc(C)cnc2C1)c1ccc(NC(=O)c2cccc(C#N)c2)nc1. The lowest BCUT2D eigenvalue weighted by atomic mass is 10.0. The highest BCUT2D eigenvalue weighted by Gasteiger charge is 2.25. The minimum Gasteiger partial charge on any atom is -0.371 e. The summed E-state index contributed by atoms with van der Waals surface area (Å²) in [5, 5.41) is 11.7. The van der Waals surface area contributed by atoms with Crippen LogP contribution in [0.5, 0.6) is 0 Å². The standard InChI is InChI=1S/C23H19N5O2/c1-14-8-19-18(25-12-14)10-20(27-19)22(30-2)17-6-7-21(26-13-17)28-23(29)16-5-3-4-15(9-16)11-24/h3-9,12-13,22H,10H2,1-2H3,(H,26,28,29). The number of aliphatic imine (C=N–C) groups is 1. The molecule has 0 bridgehead atoms. The molecule has 1 atom stereocenters. The number of nitriles is 1. The molecule has 2 aromatic heterocycles. The summed E-state index contributed by atoms with van der Waals surface area (Å²) < 4.78 is 5.68. The molecule has 1 aliphatic heterocycles. The van der Waals surface area contributed by atoms with Crippen LogP contribution in [0.3, 0.4) is 0 Å². The number of rotatable bonds is 5. The Morgan fingerprint density at radius 1 is 1.20 bits per heavy atom. The Hall–Kier alpha value is -3.89. The molecule has 0 radical (unpaired) electrons. The fourth-order valence-corrected chi connectivity index (χ4v) is 3.35. The lowest BCUT2D eigenvalue weighted by Gasteiger charge is -2.16. The van der Waals surface area contributed by atoms with Crippen molar-refractivity contribution in [1.82, 2.24) is 9.97 Å². The average molecular weight is 397 g/mol. The Kier molecular flexibility index (Phi) is 5.33. The van der Waals surface area contributed by atoms with Gasteiger partial charge in [0.1, 0.15) is 11.9 Å². The third-order valence-electron chi connectivity index (χ3n) is 4.82. The molecule has 7 nitrogen and oxygen atoms in total. The predicted molar refractivity (Wildman–Crippen MR) is 113 cm³/mol. The van der Waals surface area contributed by atoms with E-state index >= 15 is 0 Å². The molecule has 148 valence electrons. The third kappa shape index (κ3) is 3.95. The monoisotopic (exact) mass is 397 g/mol. The van der Waals surface area contributed by atoms with E-state index in [1.807, 2.05) is 31.3 Å². The topological polar surface area (TPSA) is 100 Å². The zero-order chi connectivity index (χ0) is 21.1. The van der Waals surface area contributed by atoms with E-state index in [9.17, 15) is 4.79 Å². The highest BCUT2D eigenvalue weighted by Crippen LogP contribution is 2.31. The number of nitrogens with zero attached hydrogens (tertiary/aromatic N) is 4. The summed E-state index contributed by atoms with van der Waals surface area (Å²) in [4.78, 5) is 25.9. The Morgan fingerprint density at radius 3 is 2.80 bits per heavy atom. The number of fused-ring (bicyclic) bond motifs is 1. The van der Waals surface area contributed by atoms with Crippen LogP contribution < -0.4 is 5.32 Å². The molecule has 1 amide bonds. The first kappa shape index (κ1) is 19.4. The Labute approximate surface area is 174 Å². The normalized spacial score (nSPS) is 13.2. The second kappa shape index (κ2) is 8.23. The van der Waals surface area contributed by atoms with Crippen LogP contribution in [0.15, 0.2) is 59.9 Å². The smallest absolute Gasteiger partial charge is 0.256 e. The largest absolute Gasteiger partial charge is 0.371 e. The van der Waals surface area contributed by atoms with E-state index in [0.29, 0.717) is 23.4 Å². The first-order valence-electron chi connectivity index (χ1n) is 9.40. The molecular formula is C23H19N5O2. The fraction of sp³-hybridized carbons (Fsp3) is 0.174. The number of benzene rings is 1. The van der Waals surface area contributed by atoms with E-state index in [1.54, 1.807) is 37.6 Å². The zero-order valence-electron chi connectivity index (χ0n) is 16.6. The number of pyridine rings is 2. The molecule has 0 saturated heterocycles. The van der Waals surface area contributed by atoms with E-state index in [1.165, 1.54) is 6.07 Å². The summed E-state index contributed by atoms with van der Waals surface area (Å²) in [6, 6.07) is 14.1.